The third-order valence-corrected chi connectivity index (χ3v) is 2.93. The Balaban J connectivity index is 1.71. The molecule has 0 aromatic carbocycles. The number of amides is 1. The molecule has 1 aromatic rings. The molecule has 1 aliphatic heterocycles. The zero-order valence-corrected chi connectivity index (χ0v) is 9.57. The van der Waals surface area contributed by atoms with Gasteiger partial charge in [-0.25, -0.2) is 0 Å². The maximum atomic E-state index is 11.6. The van der Waals surface area contributed by atoms with Crippen LogP contribution in [0.1, 0.15) is 19.3 Å². The molecule has 88 valence electrons. The number of carbonyl (C=O) groups is 1. The van der Waals surface area contributed by atoms with Gasteiger partial charge in [0.15, 0.2) is 0 Å². The molecule has 0 bridgehead atoms. The molecule has 1 aliphatic rings. The van der Waals surface area contributed by atoms with E-state index in [2.05, 4.69) is 15.7 Å². The van der Waals surface area contributed by atoms with Gasteiger partial charge in [-0.1, -0.05) is 0 Å². The highest BCUT2D eigenvalue weighted by Gasteiger charge is 2.15. The van der Waals surface area contributed by atoms with Gasteiger partial charge < -0.3 is 10.6 Å². The average molecular weight is 222 g/mol. The minimum Gasteiger partial charge on any atom is -0.323 e. The van der Waals surface area contributed by atoms with Gasteiger partial charge in [0.2, 0.25) is 5.91 Å². The standard InChI is InChI=1S/C11H18N4O/c1-15-8-10(7-13-15)14-11(16)3-2-9-4-5-12-6-9/h7-9,12H,2-6H2,1H3,(H,14,16). The number of carbonyl (C=O) groups excluding carboxylic acids is 1. The lowest BCUT2D eigenvalue weighted by Crippen LogP contribution is -2.14. The summed E-state index contributed by atoms with van der Waals surface area (Å²) >= 11 is 0. The van der Waals surface area contributed by atoms with Crippen molar-refractivity contribution >= 4 is 11.6 Å². The fourth-order valence-corrected chi connectivity index (χ4v) is 2.01. The molecule has 5 heteroatoms. The molecule has 2 heterocycles. The van der Waals surface area contributed by atoms with Crippen LogP contribution in [0.2, 0.25) is 0 Å². The first kappa shape index (κ1) is 11.1. The van der Waals surface area contributed by atoms with Gasteiger partial charge in [0, 0.05) is 19.7 Å². The van der Waals surface area contributed by atoms with Gasteiger partial charge >= 0.3 is 0 Å². The second-order valence-corrected chi connectivity index (χ2v) is 4.35. The number of anilines is 1. The normalized spacial score (nSPS) is 19.9. The molecule has 0 radical (unpaired) electrons. The SMILES string of the molecule is Cn1cc(NC(=O)CCC2CCNC2)cn1. The zero-order chi connectivity index (χ0) is 11.4. The highest BCUT2D eigenvalue weighted by molar-refractivity contribution is 5.90. The van der Waals surface area contributed by atoms with Crippen molar-refractivity contribution in [1.29, 1.82) is 0 Å². The minimum absolute atomic E-state index is 0.0832. The Morgan fingerprint density at radius 1 is 1.75 bits per heavy atom. The summed E-state index contributed by atoms with van der Waals surface area (Å²) < 4.78 is 1.68. The van der Waals surface area contributed by atoms with Crippen LogP contribution in [0, 0.1) is 5.92 Å². The first-order valence-electron chi connectivity index (χ1n) is 5.73. The molecule has 1 amide bonds. The van der Waals surface area contributed by atoms with Crippen LogP contribution in [0.3, 0.4) is 0 Å². The quantitative estimate of drug-likeness (QED) is 0.790. The first-order chi connectivity index (χ1) is 7.74. The van der Waals surface area contributed by atoms with E-state index in [0.29, 0.717) is 12.3 Å². The van der Waals surface area contributed by atoms with Gasteiger partial charge in [0.1, 0.15) is 0 Å². The summed E-state index contributed by atoms with van der Waals surface area (Å²) in [4.78, 5) is 11.6. The molecule has 2 N–H and O–H groups in total. The Kier molecular flexibility index (Phi) is 3.56. The second kappa shape index (κ2) is 5.12. The van der Waals surface area contributed by atoms with E-state index in [1.54, 1.807) is 17.1 Å². The number of rotatable bonds is 4. The van der Waals surface area contributed by atoms with Gasteiger partial charge in [-0.2, -0.15) is 5.10 Å². The van der Waals surface area contributed by atoms with Gasteiger partial charge in [0.05, 0.1) is 11.9 Å². The highest BCUT2D eigenvalue weighted by Crippen LogP contribution is 2.15. The summed E-state index contributed by atoms with van der Waals surface area (Å²) in [6, 6.07) is 0. The molecule has 1 aromatic heterocycles. The smallest absolute Gasteiger partial charge is 0.224 e. The van der Waals surface area contributed by atoms with Crippen LogP contribution in [0.25, 0.3) is 0 Å². The van der Waals surface area contributed by atoms with Crippen molar-refractivity contribution in [3.8, 4) is 0 Å². The summed E-state index contributed by atoms with van der Waals surface area (Å²) in [6.07, 6.45) is 6.23. The molecule has 16 heavy (non-hydrogen) atoms. The van der Waals surface area contributed by atoms with Gasteiger partial charge in [0.25, 0.3) is 0 Å². The van der Waals surface area contributed by atoms with E-state index in [0.717, 1.165) is 25.2 Å². The average Bonchev–Trinajstić information content (AvgIpc) is 2.87. The van der Waals surface area contributed by atoms with E-state index in [-0.39, 0.29) is 5.91 Å². The fraction of sp³-hybridized carbons (Fsp3) is 0.636. The molecule has 1 unspecified atom stereocenters. The van der Waals surface area contributed by atoms with Crippen LogP contribution in [0.4, 0.5) is 5.69 Å². The second-order valence-electron chi connectivity index (χ2n) is 4.35. The predicted molar refractivity (Wildman–Crippen MR) is 62.0 cm³/mol. The summed E-state index contributed by atoms with van der Waals surface area (Å²) in [7, 11) is 1.83. The van der Waals surface area contributed by atoms with Gasteiger partial charge in [-0.05, 0) is 31.8 Å². The van der Waals surface area contributed by atoms with E-state index in [1.807, 2.05) is 7.05 Å². The third-order valence-electron chi connectivity index (χ3n) is 2.93. The van der Waals surface area contributed by atoms with Gasteiger partial charge in [-0.3, -0.25) is 9.48 Å². The molecule has 2 rings (SSSR count). The minimum atomic E-state index is 0.0832. The summed E-state index contributed by atoms with van der Waals surface area (Å²) in [6.45, 7) is 2.15. The van der Waals surface area contributed by atoms with Crippen molar-refractivity contribution in [2.24, 2.45) is 13.0 Å². The van der Waals surface area contributed by atoms with Crippen LogP contribution in [0.5, 0.6) is 0 Å². The van der Waals surface area contributed by atoms with Crippen LogP contribution in [-0.4, -0.2) is 28.8 Å². The van der Waals surface area contributed by atoms with Crippen molar-refractivity contribution in [2.45, 2.75) is 19.3 Å². The maximum Gasteiger partial charge on any atom is 0.224 e. The maximum absolute atomic E-state index is 11.6. The van der Waals surface area contributed by atoms with Crippen LogP contribution >= 0.6 is 0 Å². The lowest BCUT2D eigenvalue weighted by molar-refractivity contribution is -0.116. The Morgan fingerprint density at radius 2 is 2.62 bits per heavy atom. The molecule has 5 nitrogen and oxygen atoms in total. The Labute approximate surface area is 95.2 Å². The Morgan fingerprint density at radius 3 is 3.25 bits per heavy atom. The van der Waals surface area contributed by atoms with E-state index in [9.17, 15) is 4.79 Å². The Bertz CT molecular complexity index is 355. The van der Waals surface area contributed by atoms with Crippen molar-refractivity contribution < 1.29 is 4.79 Å². The van der Waals surface area contributed by atoms with E-state index in [4.69, 9.17) is 0 Å². The molecule has 1 fully saturated rings. The number of hydrogen-bond acceptors (Lipinski definition) is 3. The number of aromatic nitrogens is 2. The van der Waals surface area contributed by atoms with Crippen molar-refractivity contribution in [1.82, 2.24) is 15.1 Å². The summed E-state index contributed by atoms with van der Waals surface area (Å²) in [5, 5.41) is 10.1. The van der Waals surface area contributed by atoms with E-state index in [1.165, 1.54) is 6.42 Å². The first-order valence-corrected chi connectivity index (χ1v) is 5.73. The lowest BCUT2D eigenvalue weighted by Gasteiger charge is -2.07. The molecule has 0 aliphatic carbocycles. The molecule has 1 atom stereocenters. The lowest BCUT2D eigenvalue weighted by atomic mass is 10.0. The third kappa shape index (κ3) is 3.06. The van der Waals surface area contributed by atoms with E-state index >= 15 is 0 Å². The van der Waals surface area contributed by atoms with Crippen LogP contribution in [-0.2, 0) is 11.8 Å². The summed E-state index contributed by atoms with van der Waals surface area (Å²) in [5.74, 6) is 0.750. The highest BCUT2D eigenvalue weighted by atomic mass is 16.1. The topological polar surface area (TPSA) is 59.0 Å². The molecular formula is C11H18N4O. The van der Waals surface area contributed by atoms with E-state index < -0.39 is 0 Å². The monoisotopic (exact) mass is 222 g/mol. The van der Waals surface area contributed by atoms with Crippen molar-refractivity contribution in [3.05, 3.63) is 12.4 Å². The number of nitrogens with zero attached hydrogens (tertiary/aromatic N) is 2. The van der Waals surface area contributed by atoms with Gasteiger partial charge in [-0.15, -0.1) is 0 Å². The molecule has 0 spiro atoms. The Hall–Kier alpha value is -1.36. The summed E-state index contributed by atoms with van der Waals surface area (Å²) in [5.41, 5.74) is 0.775. The van der Waals surface area contributed by atoms with Crippen LogP contribution < -0.4 is 10.6 Å². The number of hydrogen-bond donors (Lipinski definition) is 2. The van der Waals surface area contributed by atoms with Crippen LogP contribution in [0.15, 0.2) is 12.4 Å². The number of nitrogens with one attached hydrogen (secondary N) is 2. The van der Waals surface area contributed by atoms with Crippen molar-refractivity contribution in [2.75, 3.05) is 18.4 Å². The zero-order valence-electron chi connectivity index (χ0n) is 9.57. The largest absolute Gasteiger partial charge is 0.323 e. The molecule has 1 saturated heterocycles. The number of aryl methyl sites for hydroxylation is 1. The van der Waals surface area contributed by atoms with Crippen molar-refractivity contribution in [3.63, 3.8) is 0 Å². The predicted octanol–water partition coefficient (Wildman–Crippen LogP) is 0.748. The molecular weight excluding hydrogens is 204 g/mol. The fourth-order valence-electron chi connectivity index (χ4n) is 2.01. The molecule has 0 saturated carbocycles.